The number of hydrogen-bond acceptors (Lipinski definition) is 1. The molecule has 1 aromatic carbocycles. The summed E-state index contributed by atoms with van der Waals surface area (Å²) in [5.41, 5.74) is 2.29. The number of allylic oxidation sites excluding steroid dienone is 2. The van der Waals surface area contributed by atoms with Crippen LogP contribution in [0.25, 0.3) is 5.57 Å². The standard InChI is InChI=1S/C16H17FO.C2H6/c17-14-5-3-12(4-6-14)13-9-15(18)11-16(10-13)7-1-2-8-16;1-2/h3-6,9H,1-2,7-8,10-11H2;1-2H3. The molecule has 0 atom stereocenters. The lowest BCUT2D eigenvalue weighted by Gasteiger charge is -2.32. The normalized spacial score (nSPS) is 20.4. The van der Waals surface area contributed by atoms with Crippen LogP contribution < -0.4 is 0 Å². The third-order valence-electron chi connectivity index (χ3n) is 4.33. The number of halogens is 1. The van der Waals surface area contributed by atoms with E-state index in [1.165, 1.54) is 25.0 Å². The van der Waals surface area contributed by atoms with E-state index >= 15 is 0 Å². The molecule has 20 heavy (non-hydrogen) atoms. The van der Waals surface area contributed by atoms with Crippen molar-refractivity contribution in [1.82, 2.24) is 0 Å². The van der Waals surface area contributed by atoms with Crippen LogP contribution in [0, 0.1) is 11.2 Å². The van der Waals surface area contributed by atoms with Crippen molar-refractivity contribution in [2.24, 2.45) is 5.41 Å². The van der Waals surface area contributed by atoms with Gasteiger partial charge >= 0.3 is 0 Å². The molecule has 3 rings (SSSR count). The highest BCUT2D eigenvalue weighted by Gasteiger charge is 2.38. The van der Waals surface area contributed by atoms with E-state index in [2.05, 4.69) is 0 Å². The molecule has 0 unspecified atom stereocenters. The van der Waals surface area contributed by atoms with Crippen LogP contribution in [0.3, 0.4) is 0 Å². The van der Waals surface area contributed by atoms with Crippen LogP contribution >= 0.6 is 0 Å². The Kier molecular flexibility index (Phi) is 4.74. The van der Waals surface area contributed by atoms with Crippen molar-refractivity contribution >= 4 is 11.4 Å². The molecule has 1 fully saturated rings. The van der Waals surface area contributed by atoms with Crippen molar-refractivity contribution in [3.05, 3.63) is 41.7 Å². The lowest BCUT2D eigenvalue weighted by molar-refractivity contribution is -0.117. The molecule has 0 radical (unpaired) electrons. The van der Waals surface area contributed by atoms with Crippen LogP contribution in [0.1, 0.15) is 57.9 Å². The molecule has 2 heteroatoms. The number of carbonyl (C=O) groups excluding carboxylic acids is 1. The van der Waals surface area contributed by atoms with E-state index in [0.29, 0.717) is 6.42 Å². The van der Waals surface area contributed by atoms with Gasteiger partial charge in [-0.3, -0.25) is 4.79 Å². The monoisotopic (exact) mass is 274 g/mol. The first-order valence-corrected chi connectivity index (χ1v) is 7.66. The van der Waals surface area contributed by atoms with Crippen LogP contribution in [-0.4, -0.2) is 5.78 Å². The van der Waals surface area contributed by atoms with Gasteiger partial charge in [-0.15, -0.1) is 0 Å². The Morgan fingerprint density at radius 1 is 1.00 bits per heavy atom. The lowest BCUT2D eigenvalue weighted by Crippen LogP contribution is -2.24. The average molecular weight is 274 g/mol. The van der Waals surface area contributed by atoms with Crippen LogP contribution in [0.2, 0.25) is 0 Å². The second-order valence-electron chi connectivity index (χ2n) is 5.70. The van der Waals surface area contributed by atoms with Crippen molar-refractivity contribution < 1.29 is 9.18 Å². The quantitative estimate of drug-likeness (QED) is 0.691. The van der Waals surface area contributed by atoms with Crippen LogP contribution in [0.5, 0.6) is 0 Å². The van der Waals surface area contributed by atoms with Crippen molar-refractivity contribution in [2.45, 2.75) is 52.4 Å². The molecule has 1 spiro atoms. The van der Waals surface area contributed by atoms with Crippen molar-refractivity contribution in [1.29, 1.82) is 0 Å². The molecule has 2 aliphatic rings. The number of carbonyl (C=O) groups is 1. The SMILES string of the molecule is CC.O=C1C=C(c2ccc(F)cc2)CC2(CCCC2)C1. The summed E-state index contributed by atoms with van der Waals surface area (Å²) >= 11 is 0. The van der Waals surface area contributed by atoms with Gasteiger partial charge in [-0.25, -0.2) is 4.39 Å². The highest BCUT2D eigenvalue weighted by atomic mass is 19.1. The number of ketones is 1. The molecule has 108 valence electrons. The van der Waals surface area contributed by atoms with E-state index in [1.54, 1.807) is 18.2 Å². The van der Waals surface area contributed by atoms with E-state index in [1.807, 2.05) is 13.8 Å². The first-order chi connectivity index (χ1) is 9.67. The molecule has 0 aromatic heterocycles. The van der Waals surface area contributed by atoms with Crippen LogP contribution in [-0.2, 0) is 4.79 Å². The minimum absolute atomic E-state index is 0.204. The molecule has 1 saturated carbocycles. The zero-order valence-electron chi connectivity index (χ0n) is 12.4. The minimum Gasteiger partial charge on any atom is -0.295 e. The molecule has 0 saturated heterocycles. The first kappa shape index (κ1) is 15.0. The third-order valence-corrected chi connectivity index (χ3v) is 4.33. The number of benzene rings is 1. The van der Waals surface area contributed by atoms with E-state index in [-0.39, 0.29) is 17.0 Å². The van der Waals surface area contributed by atoms with Crippen LogP contribution in [0.15, 0.2) is 30.3 Å². The Balaban J connectivity index is 0.000000704. The molecular formula is C18H23FO. The van der Waals surface area contributed by atoms with Gasteiger partial charge in [0, 0.05) is 6.42 Å². The Morgan fingerprint density at radius 3 is 2.20 bits per heavy atom. The summed E-state index contributed by atoms with van der Waals surface area (Å²) in [6.45, 7) is 4.00. The Hall–Kier alpha value is -1.44. The smallest absolute Gasteiger partial charge is 0.156 e. The van der Waals surface area contributed by atoms with Gasteiger partial charge < -0.3 is 0 Å². The Bertz CT molecular complexity index is 493. The first-order valence-electron chi connectivity index (χ1n) is 7.66. The maximum absolute atomic E-state index is 12.9. The fourth-order valence-corrected chi connectivity index (χ4v) is 3.46. The fraction of sp³-hybridized carbons (Fsp3) is 0.500. The summed E-state index contributed by atoms with van der Waals surface area (Å²) in [6, 6.07) is 6.50. The van der Waals surface area contributed by atoms with E-state index in [0.717, 1.165) is 30.4 Å². The van der Waals surface area contributed by atoms with Gasteiger partial charge in [0.1, 0.15) is 5.82 Å². The van der Waals surface area contributed by atoms with Gasteiger partial charge in [0.15, 0.2) is 5.78 Å². The highest BCUT2D eigenvalue weighted by molar-refractivity contribution is 5.99. The Labute approximate surface area is 120 Å². The summed E-state index contributed by atoms with van der Waals surface area (Å²) in [7, 11) is 0. The van der Waals surface area contributed by atoms with Crippen molar-refractivity contribution in [3.8, 4) is 0 Å². The van der Waals surface area contributed by atoms with Gasteiger partial charge in [0.2, 0.25) is 0 Å². The molecule has 0 aliphatic heterocycles. The molecule has 1 aromatic rings. The topological polar surface area (TPSA) is 17.1 Å². The molecule has 0 N–H and O–H groups in total. The van der Waals surface area contributed by atoms with Gasteiger partial charge in [-0.2, -0.15) is 0 Å². The zero-order valence-corrected chi connectivity index (χ0v) is 12.4. The van der Waals surface area contributed by atoms with Crippen LogP contribution in [0.4, 0.5) is 4.39 Å². The third kappa shape index (κ3) is 3.17. The minimum atomic E-state index is -0.225. The number of rotatable bonds is 1. The highest BCUT2D eigenvalue weighted by Crippen LogP contribution is 2.49. The van der Waals surface area contributed by atoms with Gasteiger partial charge in [-0.05, 0) is 54.0 Å². The predicted octanol–water partition coefficient (Wildman–Crippen LogP) is 5.16. The van der Waals surface area contributed by atoms with E-state index < -0.39 is 0 Å². The van der Waals surface area contributed by atoms with Gasteiger partial charge in [-0.1, -0.05) is 38.8 Å². The molecule has 1 nitrogen and oxygen atoms in total. The Morgan fingerprint density at radius 2 is 1.60 bits per heavy atom. The average Bonchev–Trinajstić information content (AvgIpc) is 2.88. The van der Waals surface area contributed by atoms with E-state index in [4.69, 9.17) is 0 Å². The second-order valence-corrected chi connectivity index (χ2v) is 5.70. The zero-order chi connectivity index (χ0) is 14.6. The maximum atomic E-state index is 12.9. The molecular weight excluding hydrogens is 251 g/mol. The largest absolute Gasteiger partial charge is 0.295 e. The maximum Gasteiger partial charge on any atom is 0.156 e. The fourth-order valence-electron chi connectivity index (χ4n) is 3.46. The van der Waals surface area contributed by atoms with E-state index in [9.17, 15) is 9.18 Å². The molecule has 0 amide bonds. The molecule has 0 heterocycles. The predicted molar refractivity (Wildman–Crippen MR) is 80.9 cm³/mol. The molecule has 2 aliphatic carbocycles. The lowest BCUT2D eigenvalue weighted by atomic mass is 9.71. The summed E-state index contributed by atoms with van der Waals surface area (Å²) in [5, 5.41) is 0. The van der Waals surface area contributed by atoms with Gasteiger partial charge in [0.05, 0.1) is 0 Å². The summed E-state index contributed by atoms with van der Waals surface area (Å²) in [6.07, 6.45) is 8.25. The summed E-state index contributed by atoms with van der Waals surface area (Å²) in [5.74, 6) is 0.0135. The van der Waals surface area contributed by atoms with Gasteiger partial charge in [0.25, 0.3) is 0 Å². The van der Waals surface area contributed by atoms with Crippen molar-refractivity contribution in [2.75, 3.05) is 0 Å². The summed E-state index contributed by atoms with van der Waals surface area (Å²) < 4.78 is 12.9. The number of hydrogen-bond donors (Lipinski definition) is 0. The second kappa shape index (κ2) is 6.34. The summed E-state index contributed by atoms with van der Waals surface area (Å²) in [4.78, 5) is 11.9. The van der Waals surface area contributed by atoms with Crippen molar-refractivity contribution in [3.63, 3.8) is 0 Å². The molecule has 0 bridgehead atoms.